The average molecular weight is 317 g/mol. The van der Waals surface area contributed by atoms with Gasteiger partial charge >= 0.3 is 0 Å². The van der Waals surface area contributed by atoms with Gasteiger partial charge in [-0.15, -0.1) is 0 Å². The molecule has 2 rings (SSSR count). The fourth-order valence-corrected chi connectivity index (χ4v) is 3.44. The molecule has 0 aromatic heterocycles. The zero-order chi connectivity index (χ0) is 12.3. The molecule has 0 amide bonds. The highest BCUT2D eigenvalue weighted by Gasteiger charge is 2.27. The predicted molar refractivity (Wildman–Crippen MR) is 77.8 cm³/mol. The summed E-state index contributed by atoms with van der Waals surface area (Å²) in [6.07, 6.45) is 3.72. The van der Waals surface area contributed by atoms with Crippen LogP contribution in [0.25, 0.3) is 0 Å². The molecule has 94 valence electrons. The maximum absolute atomic E-state index is 6.35. The molecular weight excluding hydrogens is 298 g/mol. The lowest BCUT2D eigenvalue weighted by Crippen LogP contribution is -2.35. The number of rotatable bonds is 3. The van der Waals surface area contributed by atoms with Crippen molar-refractivity contribution in [2.24, 2.45) is 5.92 Å². The van der Waals surface area contributed by atoms with E-state index in [9.17, 15) is 0 Å². The maximum Gasteiger partial charge on any atom is 0.0441 e. The molecule has 1 saturated heterocycles. The second-order valence-electron chi connectivity index (χ2n) is 4.81. The van der Waals surface area contributed by atoms with Gasteiger partial charge in [-0.05, 0) is 61.5 Å². The third-order valence-electron chi connectivity index (χ3n) is 3.62. The van der Waals surface area contributed by atoms with Crippen molar-refractivity contribution in [1.82, 2.24) is 5.32 Å². The van der Waals surface area contributed by atoms with Gasteiger partial charge in [0.05, 0.1) is 0 Å². The zero-order valence-electron chi connectivity index (χ0n) is 10.2. The van der Waals surface area contributed by atoms with Crippen molar-refractivity contribution in [3.8, 4) is 0 Å². The Morgan fingerprint density at radius 2 is 2.29 bits per heavy atom. The van der Waals surface area contributed by atoms with E-state index in [1.54, 1.807) is 0 Å². The third kappa shape index (κ3) is 3.24. The van der Waals surface area contributed by atoms with E-state index in [2.05, 4.69) is 34.2 Å². The second kappa shape index (κ2) is 6.21. The van der Waals surface area contributed by atoms with Crippen LogP contribution in [0.3, 0.4) is 0 Å². The molecule has 1 aliphatic rings. The molecule has 0 aliphatic carbocycles. The first-order chi connectivity index (χ1) is 8.22. The van der Waals surface area contributed by atoms with Crippen LogP contribution in [0.1, 0.15) is 37.7 Å². The molecule has 1 aromatic rings. The maximum atomic E-state index is 6.35. The fourth-order valence-electron chi connectivity index (χ4n) is 2.81. The van der Waals surface area contributed by atoms with Gasteiger partial charge in [-0.25, -0.2) is 0 Å². The summed E-state index contributed by atoms with van der Waals surface area (Å²) in [4.78, 5) is 0. The van der Waals surface area contributed by atoms with E-state index in [4.69, 9.17) is 11.6 Å². The molecule has 17 heavy (non-hydrogen) atoms. The SMILES string of the molecule is CCCC1CNCCC1c1cc(Br)ccc1Cl. The lowest BCUT2D eigenvalue weighted by Gasteiger charge is -2.33. The van der Waals surface area contributed by atoms with Gasteiger partial charge in [0.15, 0.2) is 0 Å². The minimum absolute atomic E-state index is 0.612. The Hall–Kier alpha value is -0.0500. The topological polar surface area (TPSA) is 12.0 Å². The highest BCUT2D eigenvalue weighted by atomic mass is 79.9. The van der Waals surface area contributed by atoms with Gasteiger partial charge < -0.3 is 5.32 Å². The molecule has 1 aromatic carbocycles. The number of halogens is 2. The van der Waals surface area contributed by atoms with Gasteiger partial charge in [-0.2, -0.15) is 0 Å². The van der Waals surface area contributed by atoms with Gasteiger partial charge in [0.2, 0.25) is 0 Å². The molecule has 0 radical (unpaired) electrons. The summed E-state index contributed by atoms with van der Waals surface area (Å²) in [5, 5.41) is 4.42. The number of piperidine rings is 1. The van der Waals surface area contributed by atoms with Crippen LogP contribution < -0.4 is 5.32 Å². The van der Waals surface area contributed by atoms with Crippen LogP contribution in [0.4, 0.5) is 0 Å². The molecule has 1 aliphatic heterocycles. The molecule has 1 N–H and O–H groups in total. The van der Waals surface area contributed by atoms with Crippen molar-refractivity contribution in [2.75, 3.05) is 13.1 Å². The molecule has 0 bridgehead atoms. The Balaban J connectivity index is 2.25. The van der Waals surface area contributed by atoms with Crippen molar-refractivity contribution in [1.29, 1.82) is 0 Å². The normalized spacial score (nSPS) is 24.9. The van der Waals surface area contributed by atoms with Gasteiger partial charge in [-0.1, -0.05) is 40.9 Å². The molecule has 1 fully saturated rings. The van der Waals surface area contributed by atoms with E-state index in [-0.39, 0.29) is 0 Å². The van der Waals surface area contributed by atoms with E-state index in [0.29, 0.717) is 5.92 Å². The monoisotopic (exact) mass is 315 g/mol. The quantitative estimate of drug-likeness (QED) is 0.859. The first-order valence-electron chi connectivity index (χ1n) is 6.38. The fraction of sp³-hybridized carbons (Fsp3) is 0.571. The molecule has 1 heterocycles. The van der Waals surface area contributed by atoms with Crippen molar-refractivity contribution < 1.29 is 0 Å². The lowest BCUT2D eigenvalue weighted by atomic mass is 9.79. The van der Waals surface area contributed by atoms with E-state index in [1.807, 2.05) is 12.1 Å². The Bertz CT molecular complexity index is 378. The summed E-state index contributed by atoms with van der Waals surface area (Å²) in [5.74, 6) is 1.33. The molecule has 2 unspecified atom stereocenters. The van der Waals surface area contributed by atoms with E-state index in [0.717, 1.165) is 28.5 Å². The largest absolute Gasteiger partial charge is 0.316 e. The summed E-state index contributed by atoms with van der Waals surface area (Å²) in [6, 6.07) is 6.22. The minimum atomic E-state index is 0.612. The van der Waals surface area contributed by atoms with Gasteiger partial charge in [0.1, 0.15) is 0 Å². The Labute approximate surface area is 117 Å². The van der Waals surface area contributed by atoms with Crippen LogP contribution in [0.2, 0.25) is 5.02 Å². The predicted octanol–water partition coefficient (Wildman–Crippen LogP) is 4.60. The van der Waals surface area contributed by atoms with Gasteiger partial charge in [-0.3, -0.25) is 0 Å². The summed E-state index contributed by atoms with van der Waals surface area (Å²) in [7, 11) is 0. The Kier molecular flexibility index (Phi) is 4.89. The Morgan fingerprint density at radius 1 is 1.47 bits per heavy atom. The van der Waals surface area contributed by atoms with E-state index < -0.39 is 0 Å². The molecule has 2 atom stereocenters. The molecule has 1 nitrogen and oxygen atoms in total. The summed E-state index contributed by atoms with van der Waals surface area (Å²) < 4.78 is 1.13. The molecule has 0 saturated carbocycles. The smallest absolute Gasteiger partial charge is 0.0441 e. The summed E-state index contributed by atoms with van der Waals surface area (Å²) >= 11 is 9.90. The van der Waals surface area contributed by atoms with Crippen LogP contribution in [-0.2, 0) is 0 Å². The number of hydrogen-bond donors (Lipinski definition) is 1. The van der Waals surface area contributed by atoms with Crippen molar-refractivity contribution in [3.63, 3.8) is 0 Å². The second-order valence-corrected chi connectivity index (χ2v) is 6.14. The van der Waals surface area contributed by atoms with Crippen LogP contribution in [0.5, 0.6) is 0 Å². The number of nitrogens with one attached hydrogen (secondary N) is 1. The molecular formula is C14H19BrClN. The first kappa shape index (κ1) is 13.4. The number of benzene rings is 1. The highest BCUT2D eigenvalue weighted by Crippen LogP contribution is 2.37. The van der Waals surface area contributed by atoms with Gasteiger partial charge in [0.25, 0.3) is 0 Å². The minimum Gasteiger partial charge on any atom is -0.316 e. The summed E-state index contributed by atoms with van der Waals surface area (Å²) in [5.41, 5.74) is 1.32. The van der Waals surface area contributed by atoms with E-state index in [1.165, 1.54) is 24.8 Å². The van der Waals surface area contributed by atoms with Crippen LogP contribution >= 0.6 is 27.5 Å². The molecule has 0 spiro atoms. The van der Waals surface area contributed by atoms with Crippen LogP contribution in [0, 0.1) is 5.92 Å². The van der Waals surface area contributed by atoms with Crippen LogP contribution in [0.15, 0.2) is 22.7 Å². The van der Waals surface area contributed by atoms with Crippen molar-refractivity contribution >= 4 is 27.5 Å². The van der Waals surface area contributed by atoms with Crippen LogP contribution in [-0.4, -0.2) is 13.1 Å². The Morgan fingerprint density at radius 3 is 3.06 bits per heavy atom. The number of hydrogen-bond acceptors (Lipinski definition) is 1. The average Bonchev–Trinajstić information content (AvgIpc) is 2.34. The van der Waals surface area contributed by atoms with Crippen molar-refractivity contribution in [3.05, 3.63) is 33.3 Å². The van der Waals surface area contributed by atoms with Gasteiger partial charge in [0, 0.05) is 9.50 Å². The lowest BCUT2D eigenvalue weighted by molar-refractivity contribution is 0.307. The molecule has 3 heteroatoms. The standard InChI is InChI=1S/C14H19BrClN/c1-2-3-10-9-17-7-6-12(10)13-8-11(15)4-5-14(13)16/h4-5,8,10,12,17H,2-3,6-7,9H2,1H3. The highest BCUT2D eigenvalue weighted by molar-refractivity contribution is 9.10. The zero-order valence-corrected chi connectivity index (χ0v) is 12.5. The van der Waals surface area contributed by atoms with Crippen molar-refractivity contribution in [2.45, 2.75) is 32.1 Å². The van der Waals surface area contributed by atoms with E-state index >= 15 is 0 Å². The first-order valence-corrected chi connectivity index (χ1v) is 7.55. The summed E-state index contributed by atoms with van der Waals surface area (Å²) in [6.45, 7) is 4.49. The third-order valence-corrected chi connectivity index (χ3v) is 4.46.